The van der Waals surface area contributed by atoms with Crippen LogP contribution >= 0.6 is 0 Å². The monoisotopic (exact) mass is 623 g/mol. The molecule has 5 heterocycles. The third-order valence-electron chi connectivity index (χ3n) is 8.91. The van der Waals surface area contributed by atoms with Crippen molar-refractivity contribution < 1.29 is 27.4 Å². The number of fused-ring (bicyclic) bond motifs is 2. The van der Waals surface area contributed by atoms with Crippen molar-refractivity contribution in [3.05, 3.63) is 52.9 Å². The van der Waals surface area contributed by atoms with Crippen molar-refractivity contribution in [2.24, 2.45) is 0 Å². The number of nitrogen functional groups attached to an aromatic ring is 1. The number of hydrogen-bond donors (Lipinski definition) is 2. The molecule has 0 radical (unpaired) electrons. The maximum Gasteiger partial charge on any atom is 0.319 e. The predicted octanol–water partition coefficient (Wildman–Crippen LogP) is 4.85. The summed E-state index contributed by atoms with van der Waals surface area (Å²) in [5.74, 6) is -1.14. The van der Waals surface area contributed by atoms with Crippen LogP contribution in [0.2, 0.25) is 0 Å². The lowest BCUT2D eigenvalue weighted by molar-refractivity contribution is 0.107. The van der Waals surface area contributed by atoms with Crippen LogP contribution in [-0.2, 0) is 0 Å². The number of aldehydes is 1. The summed E-state index contributed by atoms with van der Waals surface area (Å²) < 4.78 is 58.1. The number of ether oxygens (including phenoxy) is 2. The summed E-state index contributed by atoms with van der Waals surface area (Å²) in [6.07, 6.45) is 3.47. The lowest BCUT2D eigenvalue weighted by Crippen LogP contribution is -2.44. The van der Waals surface area contributed by atoms with Gasteiger partial charge in [0.15, 0.2) is 12.1 Å². The molecule has 0 bridgehead atoms. The van der Waals surface area contributed by atoms with Gasteiger partial charge in [-0.1, -0.05) is 12.7 Å². The van der Waals surface area contributed by atoms with Gasteiger partial charge in [0, 0.05) is 42.9 Å². The summed E-state index contributed by atoms with van der Waals surface area (Å²) in [5.41, 5.74) is 5.44. The molecule has 13 heteroatoms. The molecule has 3 saturated heterocycles. The van der Waals surface area contributed by atoms with Gasteiger partial charge in [0.25, 0.3) is 0 Å². The molecule has 2 aromatic heterocycles. The molecule has 0 spiro atoms. The second kappa shape index (κ2) is 11.8. The van der Waals surface area contributed by atoms with Crippen LogP contribution in [0.15, 0.2) is 30.2 Å². The first-order chi connectivity index (χ1) is 21.5. The van der Waals surface area contributed by atoms with Crippen molar-refractivity contribution in [2.45, 2.75) is 51.7 Å². The Morgan fingerprint density at radius 2 is 2.07 bits per heavy atom. The van der Waals surface area contributed by atoms with Crippen LogP contribution in [0.5, 0.6) is 11.9 Å². The number of alkyl halides is 1. The van der Waals surface area contributed by atoms with Crippen molar-refractivity contribution in [1.82, 2.24) is 25.2 Å². The SMILES string of the molecule is C=C(C)Oc1nc(-c2cc(N)c(F)c(C)c2C=O)c(F)c2nc(OCC34CCCN3CC(F)C4)nc(N3CCN/C(=C\C)C3)c12. The Kier molecular flexibility index (Phi) is 8.06. The summed E-state index contributed by atoms with van der Waals surface area (Å²) in [7, 11) is 0. The van der Waals surface area contributed by atoms with Crippen LogP contribution in [0.25, 0.3) is 22.2 Å². The fourth-order valence-corrected chi connectivity index (χ4v) is 6.71. The zero-order valence-corrected chi connectivity index (χ0v) is 25.6. The van der Waals surface area contributed by atoms with Crippen LogP contribution in [0.4, 0.5) is 24.7 Å². The van der Waals surface area contributed by atoms with Gasteiger partial charge >= 0.3 is 6.01 Å². The molecule has 3 fully saturated rings. The highest BCUT2D eigenvalue weighted by Gasteiger charge is 2.49. The molecule has 2 atom stereocenters. The number of rotatable bonds is 8. The van der Waals surface area contributed by atoms with Crippen LogP contribution in [0.3, 0.4) is 0 Å². The topological polar surface area (TPSA) is 119 Å². The quantitative estimate of drug-likeness (QED) is 0.205. The summed E-state index contributed by atoms with van der Waals surface area (Å²) >= 11 is 0. The number of nitrogens with one attached hydrogen (secondary N) is 1. The van der Waals surface area contributed by atoms with Gasteiger partial charge in [-0.05, 0) is 51.8 Å². The number of aromatic nitrogens is 3. The minimum atomic E-state index is -0.950. The van der Waals surface area contributed by atoms with Gasteiger partial charge in [-0.2, -0.15) is 9.97 Å². The van der Waals surface area contributed by atoms with E-state index >= 15 is 4.39 Å². The zero-order valence-electron chi connectivity index (χ0n) is 25.6. The van der Waals surface area contributed by atoms with Gasteiger partial charge in [-0.25, -0.2) is 18.2 Å². The molecule has 3 aromatic rings. The highest BCUT2D eigenvalue weighted by atomic mass is 19.1. The third-order valence-corrected chi connectivity index (χ3v) is 8.91. The number of hydrogen-bond acceptors (Lipinski definition) is 10. The molecule has 1 aromatic carbocycles. The summed E-state index contributed by atoms with van der Waals surface area (Å²) in [4.78, 5) is 29.9. The number of carbonyl (C=O) groups excluding carboxylic acids is 1. The molecule has 45 heavy (non-hydrogen) atoms. The van der Waals surface area contributed by atoms with E-state index in [4.69, 9.17) is 20.2 Å². The minimum absolute atomic E-state index is 0.0196. The molecule has 6 rings (SSSR count). The average Bonchev–Trinajstić information content (AvgIpc) is 3.55. The number of piperazine rings is 1. The number of halogens is 3. The fourth-order valence-electron chi connectivity index (χ4n) is 6.71. The highest BCUT2D eigenvalue weighted by molar-refractivity contribution is 5.99. The molecular formula is C32H36F3N7O3. The molecule has 0 amide bonds. The maximum atomic E-state index is 16.8. The van der Waals surface area contributed by atoms with Crippen molar-refractivity contribution in [3.63, 3.8) is 0 Å². The number of nitrogens with two attached hydrogens (primary N) is 1. The molecule has 238 valence electrons. The normalized spacial score (nSPS) is 22.5. The highest BCUT2D eigenvalue weighted by Crippen LogP contribution is 2.43. The van der Waals surface area contributed by atoms with E-state index in [0.717, 1.165) is 25.1 Å². The second-order valence-electron chi connectivity index (χ2n) is 11.9. The Labute approximate surface area is 259 Å². The van der Waals surface area contributed by atoms with Gasteiger partial charge in [-0.3, -0.25) is 9.69 Å². The Balaban J connectivity index is 1.57. The molecule has 3 aliphatic heterocycles. The van der Waals surface area contributed by atoms with E-state index in [9.17, 15) is 13.6 Å². The molecule has 0 aliphatic carbocycles. The molecule has 10 nitrogen and oxygen atoms in total. The van der Waals surface area contributed by atoms with Gasteiger partial charge in [0.1, 0.15) is 41.0 Å². The first-order valence-electron chi connectivity index (χ1n) is 15.0. The largest absolute Gasteiger partial charge is 0.461 e. The van der Waals surface area contributed by atoms with E-state index in [0.29, 0.717) is 44.7 Å². The number of pyridine rings is 1. The van der Waals surface area contributed by atoms with Crippen LogP contribution in [-0.4, -0.2) is 77.2 Å². The van der Waals surface area contributed by atoms with E-state index in [-0.39, 0.29) is 63.2 Å². The van der Waals surface area contributed by atoms with Crippen molar-refractivity contribution in [2.75, 3.05) is 50.0 Å². The van der Waals surface area contributed by atoms with Gasteiger partial charge in [-0.15, -0.1) is 0 Å². The van der Waals surface area contributed by atoms with Crippen molar-refractivity contribution in [1.29, 1.82) is 0 Å². The first kappa shape index (κ1) is 30.6. The Morgan fingerprint density at radius 3 is 2.80 bits per heavy atom. The van der Waals surface area contributed by atoms with E-state index in [1.165, 1.54) is 13.0 Å². The predicted molar refractivity (Wildman–Crippen MR) is 165 cm³/mol. The standard InChI is InChI=1S/C32H36F3N7O3/c1-5-20-14-41(10-8-37-20)29-24-28(39-31(40-29)44-16-32-7-6-9-42(32)13-19(33)12-32)26(35)27(38-30(24)45-17(2)3)21-11-23(36)25(34)18(4)22(21)15-43/h5,11,15,19,37H,2,6-10,12-14,16,36H2,1,3-4H3/b20-5-. The number of carbonyl (C=O) groups is 1. The number of nitrogens with zero attached hydrogens (tertiary/aromatic N) is 5. The van der Waals surface area contributed by atoms with E-state index in [2.05, 4.69) is 26.8 Å². The lowest BCUT2D eigenvalue weighted by Gasteiger charge is -2.33. The molecular weight excluding hydrogens is 587 g/mol. The summed E-state index contributed by atoms with van der Waals surface area (Å²) in [6, 6.07) is 1.08. The molecule has 3 aliphatic rings. The number of anilines is 2. The average molecular weight is 624 g/mol. The summed E-state index contributed by atoms with van der Waals surface area (Å²) in [6.45, 7) is 11.6. The summed E-state index contributed by atoms with van der Waals surface area (Å²) in [5, 5.41) is 3.51. The van der Waals surface area contributed by atoms with Gasteiger partial charge in [0.2, 0.25) is 5.88 Å². The van der Waals surface area contributed by atoms with Gasteiger partial charge in [0.05, 0.1) is 23.5 Å². The van der Waals surface area contributed by atoms with Crippen LogP contribution < -0.4 is 25.4 Å². The Morgan fingerprint density at radius 1 is 1.27 bits per heavy atom. The van der Waals surface area contributed by atoms with Crippen molar-refractivity contribution in [3.8, 4) is 23.1 Å². The maximum absolute atomic E-state index is 16.8. The number of allylic oxidation sites excluding steroid dienone is 2. The zero-order chi connectivity index (χ0) is 32.0. The van der Waals surface area contributed by atoms with E-state index < -0.39 is 23.3 Å². The van der Waals surface area contributed by atoms with E-state index in [1.807, 2.05) is 17.9 Å². The first-order valence-corrected chi connectivity index (χ1v) is 15.0. The third kappa shape index (κ3) is 5.43. The number of benzene rings is 1. The minimum Gasteiger partial charge on any atom is -0.461 e. The Hall–Kier alpha value is -4.39. The fraction of sp³-hybridized carbons (Fsp3) is 0.438. The van der Waals surface area contributed by atoms with Crippen LogP contribution in [0, 0.1) is 18.6 Å². The molecule has 0 saturated carbocycles. The smallest absolute Gasteiger partial charge is 0.319 e. The Bertz CT molecular complexity index is 1730. The second-order valence-corrected chi connectivity index (χ2v) is 11.9. The lowest BCUT2D eigenvalue weighted by atomic mass is 9.95. The van der Waals surface area contributed by atoms with E-state index in [1.54, 1.807) is 6.92 Å². The molecule has 2 unspecified atom stereocenters. The van der Waals surface area contributed by atoms with Crippen LogP contribution in [0.1, 0.15) is 49.0 Å². The van der Waals surface area contributed by atoms with Crippen molar-refractivity contribution >= 4 is 28.7 Å². The molecule has 3 N–H and O–H groups in total. The van der Waals surface area contributed by atoms with Gasteiger partial charge < -0.3 is 25.4 Å².